The minimum atomic E-state index is 0.554. The number of hydrogen-bond acceptors (Lipinski definition) is 4. The van der Waals surface area contributed by atoms with E-state index in [4.69, 9.17) is 0 Å². The molecule has 2 rings (SSSR count). The van der Waals surface area contributed by atoms with Gasteiger partial charge in [0.05, 0.1) is 0 Å². The molecule has 0 radical (unpaired) electrons. The largest absolute Gasteiger partial charge is 0.338 e. The van der Waals surface area contributed by atoms with E-state index in [1.54, 1.807) is 12.4 Å². The average Bonchev–Trinajstić information content (AvgIpc) is 2.12. The highest BCUT2D eigenvalue weighted by molar-refractivity contribution is 5.34. The van der Waals surface area contributed by atoms with E-state index < -0.39 is 0 Å². The van der Waals surface area contributed by atoms with Gasteiger partial charge in [-0.1, -0.05) is 13.8 Å². The number of rotatable bonds is 3. The van der Waals surface area contributed by atoms with Crippen LogP contribution in [0.4, 0.5) is 5.95 Å². The molecule has 1 aliphatic heterocycles. The predicted molar refractivity (Wildman–Crippen MR) is 56.3 cm³/mol. The van der Waals surface area contributed by atoms with Gasteiger partial charge in [-0.05, 0) is 6.07 Å². The normalized spacial score (nSPS) is 17.2. The Kier molecular flexibility index (Phi) is 2.63. The summed E-state index contributed by atoms with van der Waals surface area (Å²) in [6.07, 6.45) is 3.57. The molecule has 14 heavy (non-hydrogen) atoms. The first-order valence-corrected chi connectivity index (χ1v) is 5.03. The lowest BCUT2D eigenvalue weighted by molar-refractivity contribution is 0.385. The molecule has 1 aromatic rings. The smallest absolute Gasteiger partial charge is 0.225 e. The Labute approximate surface area is 84.4 Å². The zero-order valence-corrected chi connectivity index (χ0v) is 8.64. The monoisotopic (exact) mass is 192 g/mol. The van der Waals surface area contributed by atoms with Crippen molar-refractivity contribution in [2.45, 2.75) is 25.9 Å². The molecule has 0 aliphatic carbocycles. The van der Waals surface area contributed by atoms with Crippen LogP contribution in [0.3, 0.4) is 0 Å². The van der Waals surface area contributed by atoms with Crippen LogP contribution in [0.25, 0.3) is 0 Å². The number of anilines is 1. The van der Waals surface area contributed by atoms with E-state index in [1.165, 1.54) is 0 Å². The maximum absolute atomic E-state index is 4.20. The topological polar surface area (TPSA) is 41.0 Å². The first kappa shape index (κ1) is 9.40. The second kappa shape index (κ2) is 3.92. The summed E-state index contributed by atoms with van der Waals surface area (Å²) in [5.74, 6) is 0.842. The molecule has 1 aromatic heterocycles. The standard InChI is InChI=1S/C10H16N4/c1-8(2)13-9-6-14(7-9)10-11-4-3-5-12-10/h3-5,8-9,13H,6-7H2,1-2H3. The zero-order valence-electron chi connectivity index (χ0n) is 8.64. The van der Waals surface area contributed by atoms with Crippen molar-refractivity contribution >= 4 is 5.95 Å². The van der Waals surface area contributed by atoms with Crippen LogP contribution in [0.1, 0.15) is 13.8 Å². The van der Waals surface area contributed by atoms with Gasteiger partial charge in [-0.25, -0.2) is 9.97 Å². The van der Waals surface area contributed by atoms with Gasteiger partial charge < -0.3 is 10.2 Å². The van der Waals surface area contributed by atoms with Gasteiger partial charge in [0.2, 0.25) is 5.95 Å². The average molecular weight is 192 g/mol. The van der Waals surface area contributed by atoms with Crippen LogP contribution in [0.2, 0.25) is 0 Å². The molecule has 0 atom stereocenters. The lowest BCUT2D eigenvalue weighted by Gasteiger charge is -2.40. The highest BCUT2D eigenvalue weighted by atomic mass is 15.3. The molecule has 0 saturated carbocycles. The van der Waals surface area contributed by atoms with Gasteiger partial charge >= 0.3 is 0 Å². The highest BCUT2D eigenvalue weighted by Gasteiger charge is 2.28. The van der Waals surface area contributed by atoms with Crippen molar-refractivity contribution in [1.29, 1.82) is 0 Å². The summed E-state index contributed by atoms with van der Waals surface area (Å²) in [6.45, 7) is 6.37. The Morgan fingerprint density at radius 2 is 2.00 bits per heavy atom. The molecule has 1 fully saturated rings. The molecule has 4 nitrogen and oxygen atoms in total. The first-order chi connectivity index (χ1) is 6.75. The van der Waals surface area contributed by atoms with Gasteiger partial charge in [0.25, 0.3) is 0 Å². The van der Waals surface area contributed by atoms with E-state index in [2.05, 4.69) is 34.0 Å². The Morgan fingerprint density at radius 3 is 2.57 bits per heavy atom. The molecule has 2 heterocycles. The predicted octanol–water partition coefficient (Wildman–Crippen LogP) is 0.663. The summed E-state index contributed by atoms with van der Waals surface area (Å²) in [6, 6.07) is 2.99. The van der Waals surface area contributed by atoms with Gasteiger partial charge in [0, 0.05) is 37.6 Å². The van der Waals surface area contributed by atoms with Crippen LogP contribution in [0.15, 0.2) is 18.5 Å². The highest BCUT2D eigenvalue weighted by Crippen LogP contribution is 2.14. The van der Waals surface area contributed by atoms with Crippen LogP contribution < -0.4 is 10.2 Å². The molecule has 0 bridgehead atoms. The lowest BCUT2D eigenvalue weighted by atomic mass is 10.1. The second-order valence-electron chi connectivity index (χ2n) is 3.97. The van der Waals surface area contributed by atoms with Gasteiger partial charge in [-0.3, -0.25) is 0 Å². The van der Waals surface area contributed by atoms with Crippen LogP contribution in [0, 0.1) is 0 Å². The third-order valence-corrected chi connectivity index (χ3v) is 2.29. The van der Waals surface area contributed by atoms with E-state index in [-0.39, 0.29) is 0 Å². The number of aromatic nitrogens is 2. The van der Waals surface area contributed by atoms with Gasteiger partial charge in [0.1, 0.15) is 0 Å². The van der Waals surface area contributed by atoms with Crippen molar-refractivity contribution in [2.24, 2.45) is 0 Å². The molecule has 0 unspecified atom stereocenters. The van der Waals surface area contributed by atoms with Crippen LogP contribution in [0.5, 0.6) is 0 Å². The molecule has 0 amide bonds. The van der Waals surface area contributed by atoms with Crippen LogP contribution in [-0.2, 0) is 0 Å². The van der Waals surface area contributed by atoms with E-state index in [9.17, 15) is 0 Å². The number of hydrogen-bond donors (Lipinski definition) is 1. The van der Waals surface area contributed by atoms with Gasteiger partial charge in [0.15, 0.2) is 0 Å². The molecular weight excluding hydrogens is 176 g/mol. The third-order valence-electron chi connectivity index (χ3n) is 2.29. The SMILES string of the molecule is CC(C)NC1CN(c2ncccn2)C1. The molecular formula is C10H16N4. The molecule has 1 N–H and O–H groups in total. The zero-order chi connectivity index (χ0) is 9.97. The third kappa shape index (κ3) is 2.01. The Hall–Kier alpha value is -1.16. The summed E-state index contributed by atoms with van der Waals surface area (Å²) in [5, 5.41) is 3.48. The summed E-state index contributed by atoms with van der Waals surface area (Å²) in [4.78, 5) is 10.6. The van der Waals surface area contributed by atoms with E-state index in [0.29, 0.717) is 12.1 Å². The number of nitrogens with zero attached hydrogens (tertiary/aromatic N) is 3. The van der Waals surface area contributed by atoms with Crippen molar-refractivity contribution in [3.05, 3.63) is 18.5 Å². The fraction of sp³-hybridized carbons (Fsp3) is 0.600. The Balaban J connectivity index is 1.83. The minimum absolute atomic E-state index is 0.554. The van der Waals surface area contributed by atoms with Gasteiger partial charge in [-0.2, -0.15) is 0 Å². The molecule has 0 aromatic carbocycles. The number of nitrogens with one attached hydrogen (secondary N) is 1. The Morgan fingerprint density at radius 1 is 1.36 bits per heavy atom. The van der Waals surface area contributed by atoms with Gasteiger partial charge in [-0.15, -0.1) is 0 Å². The molecule has 1 aliphatic rings. The van der Waals surface area contributed by atoms with Crippen molar-refractivity contribution < 1.29 is 0 Å². The minimum Gasteiger partial charge on any atom is -0.338 e. The van der Waals surface area contributed by atoms with Crippen molar-refractivity contribution in [2.75, 3.05) is 18.0 Å². The summed E-state index contributed by atoms with van der Waals surface area (Å²) >= 11 is 0. The summed E-state index contributed by atoms with van der Waals surface area (Å²) in [5.41, 5.74) is 0. The van der Waals surface area contributed by atoms with Crippen molar-refractivity contribution in [3.63, 3.8) is 0 Å². The van der Waals surface area contributed by atoms with Crippen LogP contribution in [-0.4, -0.2) is 35.1 Å². The van der Waals surface area contributed by atoms with Crippen LogP contribution >= 0.6 is 0 Å². The summed E-state index contributed by atoms with van der Waals surface area (Å²) < 4.78 is 0. The molecule has 0 spiro atoms. The Bertz CT molecular complexity index is 279. The molecule has 76 valence electrons. The van der Waals surface area contributed by atoms with Crippen molar-refractivity contribution in [3.8, 4) is 0 Å². The van der Waals surface area contributed by atoms with E-state index >= 15 is 0 Å². The molecule has 4 heteroatoms. The maximum Gasteiger partial charge on any atom is 0.225 e. The molecule has 1 saturated heterocycles. The van der Waals surface area contributed by atoms with E-state index in [1.807, 2.05) is 6.07 Å². The quantitative estimate of drug-likeness (QED) is 0.764. The lowest BCUT2D eigenvalue weighted by Crippen LogP contribution is -2.60. The fourth-order valence-electron chi connectivity index (χ4n) is 1.67. The summed E-state index contributed by atoms with van der Waals surface area (Å²) in [7, 11) is 0. The maximum atomic E-state index is 4.20. The first-order valence-electron chi connectivity index (χ1n) is 5.03. The second-order valence-corrected chi connectivity index (χ2v) is 3.97. The van der Waals surface area contributed by atoms with E-state index in [0.717, 1.165) is 19.0 Å². The van der Waals surface area contributed by atoms with Crippen molar-refractivity contribution in [1.82, 2.24) is 15.3 Å². The fourth-order valence-corrected chi connectivity index (χ4v) is 1.67.